The Balaban J connectivity index is 1.22. The summed E-state index contributed by atoms with van der Waals surface area (Å²) in [6.07, 6.45) is 3.65. The number of aryl methyl sites for hydroxylation is 2. The van der Waals surface area contributed by atoms with Crippen LogP contribution in [0.1, 0.15) is 70.2 Å². The Morgan fingerprint density at radius 3 is 1.14 bits per heavy atom. The Morgan fingerprint density at radius 1 is 0.531 bits per heavy atom. The van der Waals surface area contributed by atoms with Crippen LogP contribution in [0.25, 0.3) is 0 Å². The van der Waals surface area contributed by atoms with E-state index >= 15 is 0 Å². The van der Waals surface area contributed by atoms with Crippen LogP contribution >= 0.6 is 0 Å². The molecule has 1 unspecified atom stereocenters. The van der Waals surface area contributed by atoms with Crippen molar-refractivity contribution in [2.45, 2.75) is 75.9 Å². The number of nitrogens with zero attached hydrogens (tertiary/aromatic N) is 2. The lowest BCUT2D eigenvalue weighted by Gasteiger charge is -2.41. The van der Waals surface area contributed by atoms with Gasteiger partial charge in [-0.15, -0.1) is 0 Å². The maximum Gasteiger partial charge on any atom is 0.130 e. The molecule has 5 nitrogen and oxygen atoms in total. The molecule has 0 aromatic heterocycles. The van der Waals surface area contributed by atoms with E-state index in [0.717, 1.165) is 83.3 Å². The molecule has 7 rings (SSSR count). The van der Waals surface area contributed by atoms with Crippen molar-refractivity contribution in [1.82, 2.24) is 9.80 Å². The minimum Gasteiger partial charge on any atom is -0.507 e. The molecule has 0 amide bonds. The Labute approximate surface area is 291 Å². The standard InChI is InChI=1S/C44H48N2O3/c1-32-29-33(2)39(31-46-28-16-26-41(46)44(49,36-21-11-5-12-22-36)37-23-13-6-14-24-37)42(47)38(32)30-45-27-15-25-40(45)43(48,34-17-7-3-8-18-34)35-19-9-4-10-20-35/h3-14,17-24,29,40-41,47-49H,15-16,25-28,30-31H2,1-2H3/t40-,41?/m1/s1. The lowest BCUT2D eigenvalue weighted by molar-refractivity contribution is -0.00742. The van der Waals surface area contributed by atoms with Gasteiger partial charge >= 0.3 is 0 Å². The summed E-state index contributed by atoms with van der Waals surface area (Å²) in [4.78, 5) is 4.73. The predicted octanol–water partition coefficient (Wildman–Crippen LogP) is 7.81. The monoisotopic (exact) mass is 652 g/mol. The molecule has 0 saturated carbocycles. The molecule has 2 aliphatic rings. The van der Waals surface area contributed by atoms with E-state index in [-0.39, 0.29) is 12.1 Å². The first kappa shape index (κ1) is 33.2. The predicted molar refractivity (Wildman–Crippen MR) is 196 cm³/mol. The number of aromatic hydroxyl groups is 1. The Morgan fingerprint density at radius 2 is 0.837 bits per heavy atom. The summed E-state index contributed by atoms with van der Waals surface area (Å²) in [5.41, 5.74) is 5.06. The Bertz CT molecular complexity index is 1630. The number of phenolic OH excluding ortho intramolecular Hbond substituents is 1. The summed E-state index contributed by atoms with van der Waals surface area (Å²) < 4.78 is 0. The molecular weight excluding hydrogens is 604 g/mol. The van der Waals surface area contributed by atoms with Gasteiger partial charge in [0.25, 0.3) is 0 Å². The zero-order valence-electron chi connectivity index (χ0n) is 28.7. The minimum absolute atomic E-state index is 0.157. The number of aliphatic hydroxyl groups is 2. The van der Waals surface area contributed by atoms with Gasteiger partial charge in [-0.1, -0.05) is 127 Å². The van der Waals surface area contributed by atoms with Crippen LogP contribution in [0.15, 0.2) is 127 Å². The second-order valence-corrected chi connectivity index (χ2v) is 14.1. The highest BCUT2D eigenvalue weighted by Gasteiger charge is 2.47. The third kappa shape index (κ3) is 6.10. The molecule has 0 bridgehead atoms. The van der Waals surface area contributed by atoms with Gasteiger partial charge in [-0.2, -0.15) is 0 Å². The summed E-state index contributed by atoms with van der Waals surface area (Å²) in [6.45, 7) is 6.92. The number of likely N-dealkylation sites (tertiary alicyclic amines) is 2. The lowest BCUT2D eigenvalue weighted by Crippen LogP contribution is -2.48. The van der Waals surface area contributed by atoms with Gasteiger partial charge in [-0.3, -0.25) is 9.80 Å². The van der Waals surface area contributed by atoms with Gasteiger partial charge in [0.05, 0.1) is 0 Å². The largest absolute Gasteiger partial charge is 0.507 e. The van der Waals surface area contributed by atoms with E-state index in [9.17, 15) is 15.3 Å². The van der Waals surface area contributed by atoms with Crippen molar-refractivity contribution < 1.29 is 15.3 Å². The SMILES string of the molecule is Cc1cc(C)c(CN2CCC[C@@H]2C(O)(c2ccccc2)c2ccccc2)c(O)c1CN1CCCC1C(O)(c1ccccc1)c1ccccc1. The highest BCUT2D eigenvalue weighted by molar-refractivity contribution is 5.50. The van der Waals surface area contributed by atoms with E-state index in [1.807, 2.05) is 121 Å². The summed E-state index contributed by atoms with van der Waals surface area (Å²) in [5, 5.41) is 37.5. The fraction of sp³-hybridized carbons (Fsp3) is 0.318. The zero-order chi connectivity index (χ0) is 34.0. The molecule has 5 heteroatoms. The van der Waals surface area contributed by atoms with Gasteiger partial charge in [0.15, 0.2) is 0 Å². The van der Waals surface area contributed by atoms with Crippen molar-refractivity contribution in [3.63, 3.8) is 0 Å². The molecule has 3 N–H and O–H groups in total. The molecule has 2 atom stereocenters. The third-order valence-electron chi connectivity index (χ3n) is 11.2. The van der Waals surface area contributed by atoms with Crippen molar-refractivity contribution in [3.8, 4) is 5.75 Å². The summed E-state index contributed by atoms with van der Waals surface area (Å²) in [5.74, 6) is 0.333. The van der Waals surface area contributed by atoms with Gasteiger partial charge in [0.2, 0.25) is 0 Å². The zero-order valence-corrected chi connectivity index (χ0v) is 28.7. The van der Waals surface area contributed by atoms with E-state index in [1.54, 1.807) is 0 Å². The summed E-state index contributed by atoms with van der Waals surface area (Å²) >= 11 is 0. The number of benzene rings is 5. The molecular formula is C44H48N2O3. The van der Waals surface area contributed by atoms with Crippen molar-refractivity contribution >= 4 is 0 Å². The van der Waals surface area contributed by atoms with E-state index in [4.69, 9.17) is 0 Å². The molecule has 5 aromatic carbocycles. The first-order valence-corrected chi connectivity index (χ1v) is 17.8. The van der Waals surface area contributed by atoms with Gasteiger partial charge in [0, 0.05) is 36.3 Å². The second kappa shape index (κ2) is 13.9. The van der Waals surface area contributed by atoms with Gasteiger partial charge in [0.1, 0.15) is 17.0 Å². The number of rotatable bonds is 10. The van der Waals surface area contributed by atoms with E-state index in [2.05, 4.69) is 29.7 Å². The highest BCUT2D eigenvalue weighted by atomic mass is 16.3. The van der Waals surface area contributed by atoms with Crippen LogP contribution in [0.3, 0.4) is 0 Å². The summed E-state index contributed by atoms with van der Waals surface area (Å²) in [7, 11) is 0. The van der Waals surface area contributed by atoms with Crippen molar-refractivity contribution in [1.29, 1.82) is 0 Å². The van der Waals surface area contributed by atoms with Crippen LogP contribution in [-0.2, 0) is 24.3 Å². The minimum atomic E-state index is -1.20. The van der Waals surface area contributed by atoms with Crippen LogP contribution in [0.5, 0.6) is 5.75 Å². The van der Waals surface area contributed by atoms with Crippen LogP contribution in [0.2, 0.25) is 0 Å². The normalized spacial score (nSPS) is 19.0. The smallest absolute Gasteiger partial charge is 0.130 e. The Hall–Kier alpha value is -4.26. The number of hydrogen-bond donors (Lipinski definition) is 3. The maximum absolute atomic E-state index is 12.7. The fourth-order valence-corrected chi connectivity index (χ4v) is 8.71. The molecule has 0 radical (unpaired) electrons. The fourth-order valence-electron chi connectivity index (χ4n) is 8.71. The second-order valence-electron chi connectivity index (χ2n) is 14.1. The maximum atomic E-state index is 12.7. The van der Waals surface area contributed by atoms with Crippen LogP contribution in [-0.4, -0.2) is 50.3 Å². The van der Waals surface area contributed by atoms with Crippen LogP contribution in [0.4, 0.5) is 0 Å². The highest BCUT2D eigenvalue weighted by Crippen LogP contribution is 2.44. The molecule has 2 aliphatic heterocycles. The molecule has 252 valence electrons. The van der Waals surface area contributed by atoms with E-state index < -0.39 is 11.2 Å². The molecule has 0 aliphatic carbocycles. The third-order valence-corrected chi connectivity index (χ3v) is 11.2. The molecule has 49 heavy (non-hydrogen) atoms. The van der Waals surface area contributed by atoms with Gasteiger partial charge in [-0.05, 0) is 86.0 Å². The van der Waals surface area contributed by atoms with Gasteiger partial charge < -0.3 is 15.3 Å². The van der Waals surface area contributed by atoms with Crippen molar-refractivity contribution in [3.05, 3.63) is 172 Å². The molecule has 2 fully saturated rings. The average molecular weight is 653 g/mol. The lowest BCUT2D eigenvalue weighted by atomic mass is 9.78. The van der Waals surface area contributed by atoms with E-state index in [1.165, 1.54) is 0 Å². The van der Waals surface area contributed by atoms with Crippen molar-refractivity contribution in [2.75, 3.05) is 13.1 Å². The van der Waals surface area contributed by atoms with Crippen LogP contribution in [0, 0.1) is 13.8 Å². The van der Waals surface area contributed by atoms with Crippen LogP contribution < -0.4 is 0 Å². The quantitative estimate of drug-likeness (QED) is 0.144. The van der Waals surface area contributed by atoms with E-state index in [0.29, 0.717) is 18.8 Å². The summed E-state index contributed by atoms with van der Waals surface area (Å²) in [6, 6.07) is 42.0. The molecule has 2 heterocycles. The Kier molecular flexibility index (Phi) is 9.45. The molecule has 0 spiro atoms. The van der Waals surface area contributed by atoms with Crippen molar-refractivity contribution in [2.24, 2.45) is 0 Å². The first-order valence-electron chi connectivity index (χ1n) is 17.8. The molecule has 5 aromatic rings. The van der Waals surface area contributed by atoms with Gasteiger partial charge in [-0.25, -0.2) is 0 Å². The molecule has 2 saturated heterocycles. The number of phenols is 1. The average Bonchev–Trinajstić information content (AvgIpc) is 3.83. The number of hydrogen-bond acceptors (Lipinski definition) is 5. The topological polar surface area (TPSA) is 67.2 Å². The first-order chi connectivity index (χ1) is 23.8.